The number of amides is 4. The summed E-state index contributed by atoms with van der Waals surface area (Å²) >= 11 is 0. The highest BCUT2D eigenvalue weighted by molar-refractivity contribution is 6.23. The van der Waals surface area contributed by atoms with E-state index in [2.05, 4.69) is 5.32 Å². The van der Waals surface area contributed by atoms with Crippen LogP contribution < -0.4 is 5.32 Å². The Hall–Kier alpha value is -2.50. The van der Waals surface area contributed by atoms with Crippen LogP contribution in [0, 0.1) is 0 Å². The van der Waals surface area contributed by atoms with Gasteiger partial charge in [-0.3, -0.25) is 29.4 Å². The van der Waals surface area contributed by atoms with Crippen molar-refractivity contribution in [2.45, 2.75) is 18.9 Å². The summed E-state index contributed by atoms with van der Waals surface area (Å²) in [6.07, 6.45) is 0.306. The van der Waals surface area contributed by atoms with Crippen molar-refractivity contribution in [2.75, 3.05) is 0 Å². The molecule has 1 atom stereocenters. The number of hydrogen-bond donors (Lipinski definition) is 1. The van der Waals surface area contributed by atoms with Crippen molar-refractivity contribution in [3.8, 4) is 0 Å². The molecular formula is C13H10N2O4. The Morgan fingerprint density at radius 1 is 1.00 bits per heavy atom. The van der Waals surface area contributed by atoms with E-state index < -0.39 is 23.8 Å². The van der Waals surface area contributed by atoms with Gasteiger partial charge in [-0.2, -0.15) is 0 Å². The molecule has 0 saturated carbocycles. The average Bonchev–Trinajstić information content (AvgIpc) is 2.64. The average molecular weight is 259 g/mol. The second-order valence-electron chi connectivity index (χ2n) is 4.49. The number of benzene rings is 1. The zero-order chi connectivity index (χ0) is 13.6. The monoisotopic (exact) mass is 259 g/mol. The van der Waals surface area contributed by atoms with Crippen molar-refractivity contribution in [3.05, 3.63) is 35.4 Å². The predicted octanol–water partition coefficient (Wildman–Crippen LogP) is 0.0878. The molecule has 1 aromatic carbocycles. The first-order valence-electron chi connectivity index (χ1n) is 5.90. The van der Waals surface area contributed by atoms with Gasteiger partial charge in [0.15, 0.2) is 0 Å². The van der Waals surface area contributed by atoms with Crippen LogP contribution in [0.15, 0.2) is 24.3 Å². The van der Waals surface area contributed by atoms with Crippen molar-refractivity contribution < 1.29 is 19.2 Å². The summed E-state index contributed by atoms with van der Waals surface area (Å²) in [7, 11) is 0. The van der Waals surface area contributed by atoms with E-state index >= 15 is 0 Å². The Balaban J connectivity index is 1.96. The Labute approximate surface area is 108 Å². The summed E-state index contributed by atoms with van der Waals surface area (Å²) in [6, 6.07) is 5.55. The molecule has 19 heavy (non-hydrogen) atoms. The summed E-state index contributed by atoms with van der Waals surface area (Å²) < 4.78 is 0. The van der Waals surface area contributed by atoms with E-state index in [1.54, 1.807) is 24.3 Å². The molecule has 0 bridgehead atoms. The van der Waals surface area contributed by atoms with E-state index in [4.69, 9.17) is 0 Å². The van der Waals surface area contributed by atoms with Gasteiger partial charge in [-0.05, 0) is 18.6 Å². The van der Waals surface area contributed by atoms with Crippen molar-refractivity contribution in [2.24, 2.45) is 0 Å². The number of imide groups is 2. The second kappa shape index (κ2) is 4.01. The van der Waals surface area contributed by atoms with Crippen LogP contribution in [0.25, 0.3) is 0 Å². The van der Waals surface area contributed by atoms with E-state index in [0.29, 0.717) is 11.1 Å². The molecule has 6 heteroatoms. The third kappa shape index (κ3) is 1.64. The zero-order valence-electron chi connectivity index (χ0n) is 9.88. The standard InChI is InChI=1S/C13H10N2O4/c16-10-6-5-9(11(17)14-10)15-12(18)7-3-1-2-4-8(7)13(15)19/h1-4,9H,5-6H2,(H,14,16,17)/i6+1. The van der Waals surface area contributed by atoms with Gasteiger partial charge in [0, 0.05) is 6.42 Å². The predicted molar refractivity (Wildman–Crippen MR) is 63.1 cm³/mol. The second-order valence-corrected chi connectivity index (χ2v) is 4.49. The maximum Gasteiger partial charge on any atom is 0.262 e. The summed E-state index contributed by atoms with van der Waals surface area (Å²) in [5.41, 5.74) is 0.606. The molecule has 0 radical (unpaired) electrons. The number of hydrogen-bond acceptors (Lipinski definition) is 4. The molecule has 2 aliphatic rings. The third-order valence-electron chi connectivity index (χ3n) is 3.35. The number of fused-ring (bicyclic) bond motifs is 1. The number of carbonyl (C=O) groups excluding carboxylic acids is 4. The highest BCUT2D eigenvalue weighted by Gasteiger charge is 2.44. The van der Waals surface area contributed by atoms with Crippen molar-refractivity contribution in [1.82, 2.24) is 10.2 Å². The molecule has 0 aromatic heterocycles. The molecule has 96 valence electrons. The van der Waals surface area contributed by atoms with Gasteiger partial charge in [0.2, 0.25) is 11.8 Å². The molecule has 0 spiro atoms. The minimum Gasteiger partial charge on any atom is -0.295 e. The molecule has 1 N–H and O–H groups in total. The Morgan fingerprint density at radius 2 is 1.58 bits per heavy atom. The van der Waals surface area contributed by atoms with Crippen molar-refractivity contribution in [3.63, 3.8) is 0 Å². The number of nitrogens with zero attached hydrogens (tertiary/aromatic N) is 1. The van der Waals surface area contributed by atoms with Gasteiger partial charge in [-0.1, -0.05) is 12.1 Å². The normalized spacial score (nSPS) is 22.5. The SMILES string of the molecule is O=C1[13CH2]CC(N2C(=O)c3ccccc3C2=O)C(=O)N1. The number of carbonyl (C=O) groups is 4. The van der Waals surface area contributed by atoms with Gasteiger partial charge in [0.05, 0.1) is 11.1 Å². The smallest absolute Gasteiger partial charge is 0.262 e. The summed E-state index contributed by atoms with van der Waals surface area (Å²) in [4.78, 5) is 48.1. The molecule has 2 aliphatic heterocycles. The molecular weight excluding hydrogens is 249 g/mol. The molecule has 6 nitrogen and oxygen atoms in total. The van der Waals surface area contributed by atoms with Crippen LogP contribution in [0.5, 0.6) is 0 Å². The lowest BCUT2D eigenvalue weighted by Gasteiger charge is -2.27. The van der Waals surface area contributed by atoms with Crippen LogP contribution in [0.4, 0.5) is 0 Å². The quantitative estimate of drug-likeness (QED) is 0.572. The van der Waals surface area contributed by atoms with Crippen LogP contribution in [-0.2, 0) is 9.59 Å². The van der Waals surface area contributed by atoms with Crippen LogP contribution >= 0.6 is 0 Å². The van der Waals surface area contributed by atoms with Gasteiger partial charge in [-0.15, -0.1) is 0 Å². The minimum atomic E-state index is -0.898. The maximum atomic E-state index is 12.2. The lowest BCUT2D eigenvalue weighted by molar-refractivity contribution is -0.136. The van der Waals surface area contributed by atoms with Crippen LogP contribution in [-0.4, -0.2) is 34.6 Å². The molecule has 1 saturated heterocycles. The molecule has 1 unspecified atom stereocenters. The number of piperidine rings is 1. The first kappa shape index (κ1) is 11.6. The first-order chi connectivity index (χ1) is 9.09. The summed E-state index contributed by atoms with van der Waals surface area (Å²) in [6.45, 7) is 0. The van der Waals surface area contributed by atoms with Crippen LogP contribution in [0.3, 0.4) is 0 Å². The highest BCUT2D eigenvalue weighted by Crippen LogP contribution is 2.26. The lowest BCUT2D eigenvalue weighted by atomic mass is 10.1. The maximum absolute atomic E-state index is 12.2. The summed E-state index contributed by atoms with van der Waals surface area (Å²) in [5, 5.41) is 2.15. The van der Waals surface area contributed by atoms with Crippen LogP contribution in [0.1, 0.15) is 33.6 Å². The Morgan fingerprint density at radius 3 is 2.11 bits per heavy atom. The molecule has 1 fully saturated rings. The van der Waals surface area contributed by atoms with E-state index in [-0.39, 0.29) is 18.7 Å². The number of rotatable bonds is 1. The lowest BCUT2D eigenvalue weighted by Crippen LogP contribution is -2.54. The molecule has 4 amide bonds. The number of nitrogens with one attached hydrogen (secondary N) is 1. The molecule has 2 heterocycles. The van der Waals surface area contributed by atoms with Crippen molar-refractivity contribution >= 4 is 23.6 Å². The summed E-state index contributed by atoms with van der Waals surface area (Å²) in [5.74, 6) is -1.92. The minimum absolute atomic E-state index is 0.129. The molecule has 3 rings (SSSR count). The van der Waals surface area contributed by atoms with Gasteiger partial charge < -0.3 is 0 Å². The van der Waals surface area contributed by atoms with Gasteiger partial charge in [0.25, 0.3) is 11.8 Å². The fourth-order valence-corrected chi connectivity index (χ4v) is 2.42. The van der Waals surface area contributed by atoms with Gasteiger partial charge in [0.1, 0.15) is 6.04 Å². The van der Waals surface area contributed by atoms with Crippen molar-refractivity contribution in [1.29, 1.82) is 0 Å². The fraction of sp³-hybridized carbons (Fsp3) is 0.231. The third-order valence-corrected chi connectivity index (χ3v) is 3.35. The fourth-order valence-electron chi connectivity index (χ4n) is 2.42. The Bertz CT molecular complexity index is 588. The largest absolute Gasteiger partial charge is 0.295 e. The van der Waals surface area contributed by atoms with E-state index in [0.717, 1.165) is 4.90 Å². The van der Waals surface area contributed by atoms with Gasteiger partial charge in [-0.25, -0.2) is 0 Å². The van der Waals surface area contributed by atoms with Crippen LogP contribution in [0.2, 0.25) is 0 Å². The zero-order valence-corrected chi connectivity index (χ0v) is 9.88. The first-order valence-corrected chi connectivity index (χ1v) is 5.90. The molecule has 1 aromatic rings. The topological polar surface area (TPSA) is 83.6 Å². The molecule has 0 aliphatic carbocycles. The van der Waals surface area contributed by atoms with Gasteiger partial charge >= 0.3 is 0 Å². The Kier molecular flexibility index (Phi) is 2.45. The van der Waals surface area contributed by atoms with E-state index in [1.165, 1.54) is 0 Å². The van der Waals surface area contributed by atoms with E-state index in [1.807, 2.05) is 0 Å². The highest BCUT2D eigenvalue weighted by atomic mass is 16.2. The van der Waals surface area contributed by atoms with E-state index in [9.17, 15) is 19.2 Å².